The van der Waals surface area contributed by atoms with Crippen LogP contribution in [0.15, 0.2) is 63.7 Å². The van der Waals surface area contributed by atoms with E-state index in [2.05, 4.69) is 14.9 Å². The molecule has 1 heterocycles. The number of aryl methyl sites for hydroxylation is 1. The molecule has 0 aliphatic rings. The lowest BCUT2D eigenvalue weighted by molar-refractivity contribution is 0.287. The maximum absolute atomic E-state index is 13.0. The lowest BCUT2D eigenvalue weighted by atomic mass is 10.3. The van der Waals surface area contributed by atoms with Crippen molar-refractivity contribution in [1.82, 2.24) is 14.8 Å². The zero-order valence-electron chi connectivity index (χ0n) is 16.3. The first-order valence-corrected chi connectivity index (χ1v) is 11.3. The smallest absolute Gasteiger partial charge is 0.262 e. The van der Waals surface area contributed by atoms with Gasteiger partial charge in [0, 0.05) is 18.0 Å². The van der Waals surface area contributed by atoms with Gasteiger partial charge in [-0.25, -0.2) is 8.42 Å². The molecule has 0 radical (unpaired) electrons. The van der Waals surface area contributed by atoms with E-state index < -0.39 is 10.0 Å². The number of rotatable bonds is 9. The van der Waals surface area contributed by atoms with Gasteiger partial charge in [0.05, 0.1) is 23.8 Å². The zero-order chi connectivity index (χ0) is 20.9. The third-order valence-corrected chi connectivity index (χ3v) is 6.32. The number of hydrogen-bond donors (Lipinski definition) is 1. The minimum absolute atomic E-state index is 0.0860. The largest absolute Gasteiger partial charge is 0.490 e. The van der Waals surface area contributed by atoms with Gasteiger partial charge >= 0.3 is 0 Å². The van der Waals surface area contributed by atoms with Crippen LogP contribution in [-0.4, -0.2) is 36.4 Å². The maximum Gasteiger partial charge on any atom is 0.262 e. The topological polar surface area (TPSA) is 95.3 Å². The standard InChI is InChI=1S/C19H22N4O4S2/c1-4-26-16-11-10-14(12-17(16)27-5-2)29(24,25)22-15-8-6-7-9-18(15)28-19-21-20-13-23(19)3/h6-13,22H,4-5H2,1-3H3. The molecule has 0 unspecified atom stereocenters. The van der Waals surface area contributed by atoms with E-state index in [0.717, 1.165) is 0 Å². The van der Waals surface area contributed by atoms with Crippen LogP contribution in [0.3, 0.4) is 0 Å². The van der Waals surface area contributed by atoms with Crippen LogP contribution < -0.4 is 14.2 Å². The molecule has 3 aromatic rings. The van der Waals surface area contributed by atoms with Crippen LogP contribution in [0.25, 0.3) is 0 Å². The molecule has 1 N–H and O–H groups in total. The molecule has 0 aliphatic heterocycles. The third kappa shape index (κ3) is 5.01. The van der Waals surface area contributed by atoms with Gasteiger partial charge in [-0.2, -0.15) is 0 Å². The molecule has 0 bridgehead atoms. The fraction of sp³-hybridized carbons (Fsp3) is 0.263. The Hall–Kier alpha value is -2.72. The zero-order valence-corrected chi connectivity index (χ0v) is 18.0. The molecule has 0 amide bonds. The number of anilines is 1. The summed E-state index contributed by atoms with van der Waals surface area (Å²) < 4.78 is 41.5. The van der Waals surface area contributed by atoms with E-state index in [0.29, 0.717) is 40.5 Å². The summed E-state index contributed by atoms with van der Waals surface area (Å²) in [6.45, 7) is 4.54. The summed E-state index contributed by atoms with van der Waals surface area (Å²) in [7, 11) is -2.02. The Labute approximate surface area is 174 Å². The van der Waals surface area contributed by atoms with Gasteiger partial charge in [-0.1, -0.05) is 12.1 Å². The monoisotopic (exact) mass is 434 g/mol. The number of hydrogen-bond acceptors (Lipinski definition) is 7. The number of ether oxygens (including phenoxy) is 2. The van der Waals surface area contributed by atoms with Crippen molar-refractivity contribution in [1.29, 1.82) is 0 Å². The van der Waals surface area contributed by atoms with Crippen LogP contribution in [-0.2, 0) is 17.1 Å². The molecule has 0 saturated carbocycles. The van der Waals surface area contributed by atoms with Gasteiger partial charge in [-0.3, -0.25) is 4.72 Å². The Kier molecular flexibility index (Phi) is 6.65. The molecule has 10 heteroatoms. The summed E-state index contributed by atoms with van der Waals surface area (Å²) in [5.74, 6) is 0.894. The second kappa shape index (κ2) is 9.19. The molecule has 0 spiro atoms. The minimum Gasteiger partial charge on any atom is -0.490 e. The van der Waals surface area contributed by atoms with Crippen LogP contribution in [0, 0.1) is 0 Å². The molecule has 0 aliphatic carbocycles. The lowest BCUT2D eigenvalue weighted by Gasteiger charge is -2.15. The van der Waals surface area contributed by atoms with Gasteiger partial charge in [-0.05, 0) is 49.9 Å². The Balaban J connectivity index is 1.90. The lowest BCUT2D eigenvalue weighted by Crippen LogP contribution is -2.14. The highest BCUT2D eigenvalue weighted by Crippen LogP contribution is 2.34. The highest BCUT2D eigenvalue weighted by atomic mass is 32.2. The average Bonchev–Trinajstić information content (AvgIpc) is 3.09. The number of aromatic nitrogens is 3. The van der Waals surface area contributed by atoms with Crippen molar-refractivity contribution >= 4 is 27.5 Å². The molecule has 154 valence electrons. The van der Waals surface area contributed by atoms with Crippen molar-refractivity contribution in [3.63, 3.8) is 0 Å². The SMILES string of the molecule is CCOc1ccc(S(=O)(=O)Nc2ccccc2Sc2nncn2C)cc1OCC. The molecule has 8 nitrogen and oxygen atoms in total. The first-order valence-electron chi connectivity index (χ1n) is 8.98. The van der Waals surface area contributed by atoms with E-state index in [1.165, 1.54) is 23.9 Å². The predicted molar refractivity (Wildman–Crippen MR) is 111 cm³/mol. The summed E-state index contributed by atoms with van der Waals surface area (Å²) in [5.41, 5.74) is 0.451. The van der Waals surface area contributed by atoms with E-state index in [-0.39, 0.29) is 4.90 Å². The van der Waals surface area contributed by atoms with Gasteiger partial charge in [0.1, 0.15) is 6.33 Å². The fourth-order valence-corrected chi connectivity index (χ4v) is 4.52. The molecule has 2 aromatic carbocycles. The van der Waals surface area contributed by atoms with Gasteiger partial charge in [0.25, 0.3) is 10.0 Å². The van der Waals surface area contributed by atoms with Crippen molar-refractivity contribution in [3.05, 3.63) is 48.8 Å². The van der Waals surface area contributed by atoms with Gasteiger partial charge in [-0.15, -0.1) is 10.2 Å². The number of nitrogens with one attached hydrogen (secondary N) is 1. The number of sulfonamides is 1. The summed E-state index contributed by atoms with van der Waals surface area (Å²) in [4.78, 5) is 0.797. The molecule has 0 fully saturated rings. The van der Waals surface area contributed by atoms with Gasteiger partial charge in [0.15, 0.2) is 16.7 Å². The molecule has 3 rings (SSSR count). The summed E-state index contributed by atoms with van der Waals surface area (Å²) in [5, 5.41) is 8.53. The van der Waals surface area contributed by atoms with Gasteiger partial charge < -0.3 is 14.0 Å². The van der Waals surface area contributed by atoms with Crippen molar-refractivity contribution in [2.24, 2.45) is 7.05 Å². The van der Waals surface area contributed by atoms with Crippen LogP contribution in [0.1, 0.15) is 13.8 Å². The fourth-order valence-electron chi connectivity index (χ4n) is 2.51. The quantitative estimate of drug-likeness (QED) is 0.550. The molecular weight excluding hydrogens is 412 g/mol. The Morgan fingerprint density at radius 1 is 1.07 bits per heavy atom. The van der Waals surface area contributed by atoms with Crippen LogP contribution in [0.5, 0.6) is 11.5 Å². The van der Waals surface area contributed by atoms with Crippen LogP contribution in [0.4, 0.5) is 5.69 Å². The van der Waals surface area contributed by atoms with E-state index in [9.17, 15) is 8.42 Å². The van der Waals surface area contributed by atoms with Crippen molar-refractivity contribution in [2.75, 3.05) is 17.9 Å². The summed E-state index contributed by atoms with van der Waals surface area (Å²) in [6.07, 6.45) is 1.59. The van der Waals surface area contributed by atoms with E-state index in [4.69, 9.17) is 9.47 Å². The van der Waals surface area contributed by atoms with Crippen LogP contribution in [0.2, 0.25) is 0 Å². The average molecular weight is 435 g/mol. The highest BCUT2D eigenvalue weighted by Gasteiger charge is 2.19. The second-order valence-corrected chi connectivity index (χ2v) is 8.59. The van der Waals surface area contributed by atoms with E-state index in [1.54, 1.807) is 29.1 Å². The first kappa shape index (κ1) is 21.0. The number of para-hydroxylation sites is 1. The molecule has 1 aromatic heterocycles. The van der Waals surface area contributed by atoms with E-state index in [1.807, 2.05) is 33.0 Å². The van der Waals surface area contributed by atoms with Crippen molar-refractivity contribution in [3.8, 4) is 11.5 Å². The molecular formula is C19H22N4O4S2. The Morgan fingerprint density at radius 2 is 1.79 bits per heavy atom. The Morgan fingerprint density at radius 3 is 2.48 bits per heavy atom. The Bertz CT molecular complexity index is 1080. The first-order chi connectivity index (χ1) is 13.9. The third-order valence-electron chi connectivity index (χ3n) is 3.83. The van der Waals surface area contributed by atoms with E-state index >= 15 is 0 Å². The van der Waals surface area contributed by atoms with Gasteiger partial charge in [0.2, 0.25) is 0 Å². The molecule has 0 atom stereocenters. The number of benzene rings is 2. The van der Waals surface area contributed by atoms with Crippen LogP contribution >= 0.6 is 11.8 Å². The molecule has 29 heavy (non-hydrogen) atoms. The summed E-state index contributed by atoms with van der Waals surface area (Å²) >= 11 is 1.32. The minimum atomic E-state index is -3.84. The highest BCUT2D eigenvalue weighted by molar-refractivity contribution is 7.99. The predicted octanol–water partition coefficient (Wildman–Crippen LogP) is 3.56. The summed E-state index contributed by atoms with van der Waals surface area (Å²) in [6, 6.07) is 11.7. The molecule has 0 saturated heterocycles. The number of nitrogens with zero attached hydrogens (tertiary/aromatic N) is 3. The maximum atomic E-state index is 13.0. The van der Waals surface area contributed by atoms with Crippen molar-refractivity contribution < 1.29 is 17.9 Å². The second-order valence-electron chi connectivity index (χ2n) is 5.90. The normalized spacial score (nSPS) is 11.3. The van der Waals surface area contributed by atoms with Crippen molar-refractivity contribution in [2.45, 2.75) is 28.8 Å².